The first-order valence-corrected chi connectivity index (χ1v) is 9.30. The smallest absolute Gasteiger partial charge is 0.253 e. The van der Waals surface area contributed by atoms with Crippen LogP contribution in [0.3, 0.4) is 0 Å². The highest BCUT2D eigenvalue weighted by molar-refractivity contribution is 5.94. The predicted octanol–water partition coefficient (Wildman–Crippen LogP) is 3.12. The molecule has 1 amide bonds. The summed E-state index contributed by atoms with van der Waals surface area (Å²) in [6, 6.07) is 9.62. The van der Waals surface area contributed by atoms with Gasteiger partial charge in [0, 0.05) is 37.3 Å². The average molecular weight is 329 g/mol. The van der Waals surface area contributed by atoms with Gasteiger partial charge in [0.05, 0.1) is 12.7 Å². The molecule has 3 fully saturated rings. The van der Waals surface area contributed by atoms with Gasteiger partial charge in [-0.2, -0.15) is 0 Å². The van der Waals surface area contributed by atoms with Crippen LogP contribution in [0.15, 0.2) is 30.3 Å². The lowest BCUT2D eigenvalue weighted by atomic mass is 9.73. The molecule has 4 heteroatoms. The van der Waals surface area contributed by atoms with Crippen molar-refractivity contribution < 1.29 is 14.3 Å². The third kappa shape index (κ3) is 3.35. The number of ether oxygens (including phenoxy) is 2. The van der Waals surface area contributed by atoms with E-state index in [1.807, 2.05) is 35.2 Å². The van der Waals surface area contributed by atoms with Crippen LogP contribution in [0.1, 0.15) is 42.5 Å². The van der Waals surface area contributed by atoms with Gasteiger partial charge in [-0.25, -0.2) is 0 Å². The van der Waals surface area contributed by atoms with Gasteiger partial charge in [0.15, 0.2) is 0 Å². The maximum absolute atomic E-state index is 12.9. The lowest BCUT2D eigenvalue weighted by molar-refractivity contribution is -0.147. The fourth-order valence-electron chi connectivity index (χ4n) is 4.15. The first kappa shape index (κ1) is 16.1. The van der Waals surface area contributed by atoms with Crippen LogP contribution in [0.2, 0.25) is 0 Å². The molecule has 1 aliphatic carbocycles. The minimum Gasteiger partial charge on any atom is -0.380 e. The van der Waals surface area contributed by atoms with E-state index in [0.29, 0.717) is 0 Å². The molecule has 0 N–H and O–H groups in total. The summed E-state index contributed by atoms with van der Waals surface area (Å²) in [4.78, 5) is 14.9. The zero-order valence-corrected chi connectivity index (χ0v) is 14.3. The number of benzene rings is 1. The first-order chi connectivity index (χ1) is 11.8. The van der Waals surface area contributed by atoms with E-state index in [4.69, 9.17) is 9.47 Å². The van der Waals surface area contributed by atoms with Crippen molar-refractivity contribution in [3.63, 3.8) is 0 Å². The molecule has 130 valence electrons. The Balaban J connectivity index is 1.46. The molecular weight excluding hydrogens is 302 g/mol. The molecule has 2 aliphatic heterocycles. The summed E-state index contributed by atoms with van der Waals surface area (Å²) in [5.41, 5.74) is 0.761. The maximum atomic E-state index is 12.9. The minimum atomic E-state index is -0.0180. The zero-order chi connectivity index (χ0) is 16.4. The molecule has 0 radical (unpaired) electrons. The van der Waals surface area contributed by atoms with Crippen molar-refractivity contribution in [3.05, 3.63) is 35.9 Å². The van der Waals surface area contributed by atoms with Crippen molar-refractivity contribution >= 4 is 5.91 Å². The molecule has 1 aromatic carbocycles. The second-order valence-electron chi connectivity index (χ2n) is 7.67. The van der Waals surface area contributed by atoms with Gasteiger partial charge < -0.3 is 14.4 Å². The number of likely N-dealkylation sites (tertiary alicyclic amines) is 1. The molecule has 0 bridgehead atoms. The quantitative estimate of drug-likeness (QED) is 0.833. The number of fused-ring (bicyclic) bond motifs is 1. The summed E-state index contributed by atoms with van der Waals surface area (Å²) in [6.45, 7) is 3.99. The predicted molar refractivity (Wildman–Crippen MR) is 91.9 cm³/mol. The van der Waals surface area contributed by atoms with E-state index in [2.05, 4.69) is 0 Å². The van der Waals surface area contributed by atoms with Crippen molar-refractivity contribution in [3.8, 4) is 0 Å². The molecule has 4 nitrogen and oxygen atoms in total. The lowest BCUT2D eigenvalue weighted by Crippen LogP contribution is -2.58. The van der Waals surface area contributed by atoms with E-state index < -0.39 is 0 Å². The molecule has 2 atom stereocenters. The zero-order valence-electron chi connectivity index (χ0n) is 14.3. The van der Waals surface area contributed by atoms with Crippen molar-refractivity contribution in [2.24, 2.45) is 11.3 Å². The van der Waals surface area contributed by atoms with Gasteiger partial charge in [-0.3, -0.25) is 4.79 Å². The summed E-state index contributed by atoms with van der Waals surface area (Å²) in [7, 11) is 0. The third-order valence-electron chi connectivity index (χ3n) is 5.74. The number of carbonyl (C=O) groups is 1. The number of piperidine rings is 1. The maximum Gasteiger partial charge on any atom is 0.253 e. The lowest BCUT2D eigenvalue weighted by Gasteiger charge is -2.50. The molecule has 2 saturated heterocycles. The number of carbonyl (C=O) groups excluding carboxylic acids is 1. The van der Waals surface area contributed by atoms with Crippen molar-refractivity contribution in [2.45, 2.75) is 38.2 Å². The molecule has 0 aromatic heterocycles. The van der Waals surface area contributed by atoms with Crippen LogP contribution < -0.4 is 0 Å². The fraction of sp³-hybridized carbons (Fsp3) is 0.650. The third-order valence-corrected chi connectivity index (χ3v) is 5.74. The van der Waals surface area contributed by atoms with E-state index in [1.54, 1.807) is 0 Å². The number of nitrogens with zero attached hydrogens (tertiary/aromatic N) is 1. The Kier molecular flexibility index (Phi) is 4.59. The summed E-state index contributed by atoms with van der Waals surface area (Å²) in [5.74, 6) is 0.913. The molecule has 3 aliphatic rings. The Morgan fingerprint density at radius 3 is 2.88 bits per heavy atom. The Morgan fingerprint density at radius 1 is 1.25 bits per heavy atom. The van der Waals surface area contributed by atoms with Crippen LogP contribution in [-0.2, 0) is 9.47 Å². The van der Waals surface area contributed by atoms with Gasteiger partial charge >= 0.3 is 0 Å². The van der Waals surface area contributed by atoms with E-state index in [0.717, 1.165) is 63.7 Å². The average Bonchev–Trinajstić information content (AvgIpc) is 3.45. The van der Waals surface area contributed by atoms with Crippen LogP contribution in [-0.4, -0.2) is 49.8 Å². The summed E-state index contributed by atoms with van der Waals surface area (Å²) < 4.78 is 12.1. The second kappa shape index (κ2) is 6.85. The second-order valence-corrected chi connectivity index (χ2v) is 7.67. The van der Waals surface area contributed by atoms with E-state index in [9.17, 15) is 4.79 Å². The molecule has 0 unspecified atom stereocenters. The fourth-order valence-corrected chi connectivity index (χ4v) is 4.15. The molecule has 4 rings (SSSR count). The number of hydrogen-bond donors (Lipinski definition) is 0. The Morgan fingerprint density at radius 2 is 2.08 bits per heavy atom. The van der Waals surface area contributed by atoms with Gasteiger partial charge in [-0.15, -0.1) is 0 Å². The highest BCUT2D eigenvalue weighted by Gasteiger charge is 2.47. The molecule has 1 saturated carbocycles. The van der Waals surface area contributed by atoms with Crippen molar-refractivity contribution in [1.82, 2.24) is 4.90 Å². The van der Waals surface area contributed by atoms with Gasteiger partial charge in [-0.05, 0) is 50.2 Å². The van der Waals surface area contributed by atoms with Gasteiger partial charge in [0.1, 0.15) is 0 Å². The van der Waals surface area contributed by atoms with Crippen molar-refractivity contribution in [1.29, 1.82) is 0 Å². The largest absolute Gasteiger partial charge is 0.380 e. The molecular formula is C20H27NO3. The van der Waals surface area contributed by atoms with Gasteiger partial charge in [-0.1, -0.05) is 18.2 Å². The number of hydrogen-bond acceptors (Lipinski definition) is 3. The van der Waals surface area contributed by atoms with Crippen LogP contribution in [0.5, 0.6) is 0 Å². The molecule has 2 heterocycles. The van der Waals surface area contributed by atoms with Crippen LogP contribution in [0.25, 0.3) is 0 Å². The highest BCUT2D eigenvalue weighted by Crippen LogP contribution is 2.41. The van der Waals surface area contributed by atoms with E-state index >= 15 is 0 Å². The van der Waals surface area contributed by atoms with Gasteiger partial charge in [0.25, 0.3) is 5.91 Å². The summed E-state index contributed by atoms with van der Waals surface area (Å²) >= 11 is 0. The topological polar surface area (TPSA) is 38.8 Å². The van der Waals surface area contributed by atoms with Gasteiger partial charge in [0.2, 0.25) is 0 Å². The van der Waals surface area contributed by atoms with Crippen molar-refractivity contribution in [2.75, 3.05) is 32.9 Å². The number of amides is 1. The Labute approximate surface area is 144 Å². The van der Waals surface area contributed by atoms with Crippen LogP contribution in [0.4, 0.5) is 0 Å². The Bertz CT molecular complexity index is 572. The first-order valence-electron chi connectivity index (χ1n) is 9.30. The minimum absolute atomic E-state index is 0.0180. The van der Waals surface area contributed by atoms with E-state index in [1.165, 1.54) is 12.8 Å². The normalized spacial score (nSPS) is 30.0. The SMILES string of the molecule is O=C(c1ccccc1)N1CC[C@@H]2OCCC[C@]2(COCC2CC2)C1. The molecule has 0 spiro atoms. The van der Waals surface area contributed by atoms with E-state index in [-0.39, 0.29) is 17.4 Å². The van der Waals surface area contributed by atoms with Crippen LogP contribution in [0, 0.1) is 11.3 Å². The summed E-state index contributed by atoms with van der Waals surface area (Å²) in [6.07, 6.45) is 5.95. The standard InChI is InChI=1S/C20H27NO3/c22-19(17-5-2-1-3-6-17)21-11-9-18-20(14-21,10-4-12-24-18)15-23-13-16-7-8-16/h1-3,5-6,16,18H,4,7-15H2/t18-,20+/m0/s1. The molecule has 1 aromatic rings. The summed E-state index contributed by atoms with van der Waals surface area (Å²) in [5, 5.41) is 0. The Hall–Kier alpha value is -1.39. The monoisotopic (exact) mass is 329 g/mol. The van der Waals surface area contributed by atoms with Crippen LogP contribution >= 0.6 is 0 Å². The number of rotatable bonds is 5. The molecule has 24 heavy (non-hydrogen) atoms. The highest BCUT2D eigenvalue weighted by atomic mass is 16.5.